The largest absolute Gasteiger partial charge is 0.379 e. The molecule has 1 aliphatic carbocycles. The SMILES string of the molecule is CCCc1cc(CNc2ccc3c(c2)CCC(N)C3)nn1CC(F)F.Cl. The maximum absolute atomic E-state index is 12.7. The number of hydrogen-bond donors (Lipinski definition) is 2. The lowest BCUT2D eigenvalue weighted by molar-refractivity contribution is 0.120. The standard InChI is InChI=1S/C19H26F2N4.ClH/c1-2-3-18-10-17(24-25(18)12-19(20)21)11-23-16-7-5-13-8-15(22)6-4-14(13)9-16;/h5,7,9-10,15,19,23H,2-4,6,8,11-12,22H2,1H3;1H. The molecular weight excluding hydrogens is 358 g/mol. The van der Waals surface area contributed by atoms with E-state index in [4.69, 9.17) is 5.73 Å². The van der Waals surface area contributed by atoms with Crippen molar-refractivity contribution >= 4 is 18.1 Å². The predicted octanol–water partition coefficient (Wildman–Crippen LogP) is 3.95. The Balaban J connectivity index is 0.00000243. The average molecular weight is 385 g/mol. The van der Waals surface area contributed by atoms with Crippen molar-refractivity contribution in [3.05, 3.63) is 46.8 Å². The summed E-state index contributed by atoms with van der Waals surface area (Å²) in [6.07, 6.45) is 2.26. The van der Waals surface area contributed by atoms with Crippen LogP contribution in [-0.4, -0.2) is 22.2 Å². The summed E-state index contributed by atoms with van der Waals surface area (Å²) in [4.78, 5) is 0. The first-order valence-electron chi connectivity index (χ1n) is 9.00. The molecule has 1 aliphatic rings. The molecule has 3 N–H and O–H groups in total. The number of nitrogens with one attached hydrogen (secondary N) is 1. The third-order valence-electron chi connectivity index (χ3n) is 4.68. The van der Waals surface area contributed by atoms with Crippen LogP contribution in [-0.2, 0) is 32.4 Å². The number of nitrogens with zero attached hydrogens (tertiary/aromatic N) is 2. The first-order chi connectivity index (χ1) is 12.0. The van der Waals surface area contributed by atoms with Gasteiger partial charge in [0.25, 0.3) is 6.43 Å². The van der Waals surface area contributed by atoms with Gasteiger partial charge in [0.2, 0.25) is 0 Å². The highest BCUT2D eigenvalue weighted by Crippen LogP contribution is 2.24. The molecule has 0 spiro atoms. The van der Waals surface area contributed by atoms with E-state index in [-0.39, 0.29) is 25.0 Å². The van der Waals surface area contributed by atoms with Gasteiger partial charge in [0.05, 0.1) is 12.2 Å². The van der Waals surface area contributed by atoms with Crippen molar-refractivity contribution in [2.75, 3.05) is 5.32 Å². The predicted molar refractivity (Wildman–Crippen MR) is 103 cm³/mol. The Morgan fingerprint density at radius 1 is 1.31 bits per heavy atom. The van der Waals surface area contributed by atoms with E-state index in [9.17, 15) is 8.78 Å². The number of aromatic nitrogens is 2. The van der Waals surface area contributed by atoms with E-state index in [2.05, 4.69) is 28.6 Å². The van der Waals surface area contributed by atoms with Crippen LogP contribution in [0.25, 0.3) is 0 Å². The fourth-order valence-corrected chi connectivity index (χ4v) is 3.43. The molecule has 0 bridgehead atoms. The Morgan fingerprint density at radius 2 is 2.12 bits per heavy atom. The van der Waals surface area contributed by atoms with E-state index in [0.29, 0.717) is 6.54 Å². The molecule has 1 atom stereocenters. The van der Waals surface area contributed by atoms with E-state index < -0.39 is 6.43 Å². The fraction of sp³-hybridized carbons (Fsp3) is 0.526. The number of hydrogen-bond acceptors (Lipinski definition) is 3. The van der Waals surface area contributed by atoms with Crippen LogP contribution in [0.5, 0.6) is 0 Å². The molecule has 144 valence electrons. The number of rotatable bonds is 7. The number of benzene rings is 1. The lowest BCUT2D eigenvalue weighted by Crippen LogP contribution is -2.27. The Bertz CT molecular complexity index is 718. The van der Waals surface area contributed by atoms with Crippen LogP contribution in [0.4, 0.5) is 14.5 Å². The molecule has 0 saturated heterocycles. The van der Waals surface area contributed by atoms with E-state index in [1.807, 2.05) is 13.0 Å². The summed E-state index contributed by atoms with van der Waals surface area (Å²) in [6.45, 7) is 2.23. The van der Waals surface area contributed by atoms with Gasteiger partial charge in [-0.05, 0) is 55.0 Å². The van der Waals surface area contributed by atoms with E-state index in [1.54, 1.807) is 0 Å². The third kappa shape index (κ3) is 5.17. The number of alkyl halides is 2. The molecule has 0 amide bonds. The summed E-state index contributed by atoms with van der Waals surface area (Å²) >= 11 is 0. The summed E-state index contributed by atoms with van der Waals surface area (Å²) in [5.74, 6) is 0. The van der Waals surface area contributed by atoms with E-state index in [0.717, 1.165) is 49.2 Å². The van der Waals surface area contributed by atoms with Crippen LogP contribution in [0, 0.1) is 0 Å². The molecule has 7 heteroatoms. The smallest absolute Gasteiger partial charge is 0.257 e. The van der Waals surface area contributed by atoms with Crippen molar-refractivity contribution in [3.8, 4) is 0 Å². The fourth-order valence-electron chi connectivity index (χ4n) is 3.43. The lowest BCUT2D eigenvalue weighted by Gasteiger charge is -2.22. The molecule has 1 heterocycles. The van der Waals surface area contributed by atoms with Gasteiger partial charge >= 0.3 is 0 Å². The molecule has 1 unspecified atom stereocenters. The van der Waals surface area contributed by atoms with Crippen molar-refractivity contribution in [1.82, 2.24) is 9.78 Å². The Kier molecular flexibility index (Phi) is 7.41. The van der Waals surface area contributed by atoms with Gasteiger partial charge in [0.1, 0.15) is 6.54 Å². The molecule has 0 saturated carbocycles. The maximum atomic E-state index is 12.7. The van der Waals surface area contributed by atoms with Gasteiger partial charge in [0, 0.05) is 17.4 Å². The molecule has 0 radical (unpaired) electrons. The van der Waals surface area contributed by atoms with Crippen LogP contribution >= 0.6 is 12.4 Å². The summed E-state index contributed by atoms with van der Waals surface area (Å²) in [5, 5.41) is 7.70. The molecule has 0 aliphatic heterocycles. The zero-order chi connectivity index (χ0) is 17.8. The van der Waals surface area contributed by atoms with Crippen molar-refractivity contribution < 1.29 is 8.78 Å². The Hall–Kier alpha value is -1.66. The van der Waals surface area contributed by atoms with Crippen molar-refractivity contribution in [3.63, 3.8) is 0 Å². The quantitative estimate of drug-likeness (QED) is 0.759. The van der Waals surface area contributed by atoms with Gasteiger partial charge in [-0.2, -0.15) is 5.10 Å². The first-order valence-corrected chi connectivity index (χ1v) is 9.00. The molecule has 4 nitrogen and oxygen atoms in total. The number of fused-ring (bicyclic) bond motifs is 1. The second-order valence-electron chi connectivity index (χ2n) is 6.79. The second kappa shape index (κ2) is 9.33. The zero-order valence-corrected chi connectivity index (χ0v) is 15.9. The van der Waals surface area contributed by atoms with Crippen molar-refractivity contribution in [1.29, 1.82) is 0 Å². The molecule has 0 fully saturated rings. The zero-order valence-electron chi connectivity index (χ0n) is 15.0. The minimum atomic E-state index is -2.39. The number of nitrogens with two attached hydrogens (primary N) is 1. The molecule has 2 aromatic rings. The highest BCUT2D eigenvalue weighted by atomic mass is 35.5. The minimum absolute atomic E-state index is 0. The number of aryl methyl sites for hydroxylation is 2. The average Bonchev–Trinajstić information content (AvgIpc) is 2.94. The first kappa shape index (κ1) is 20.6. The van der Waals surface area contributed by atoms with E-state index >= 15 is 0 Å². The normalized spacial score (nSPS) is 16.3. The van der Waals surface area contributed by atoms with Gasteiger partial charge in [-0.15, -0.1) is 12.4 Å². The highest BCUT2D eigenvalue weighted by molar-refractivity contribution is 5.85. The van der Waals surface area contributed by atoms with E-state index in [1.165, 1.54) is 15.8 Å². The summed E-state index contributed by atoms with van der Waals surface area (Å²) in [7, 11) is 0. The van der Waals surface area contributed by atoms with Gasteiger partial charge in [-0.25, -0.2) is 8.78 Å². The van der Waals surface area contributed by atoms with Crippen LogP contribution in [0.15, 0.2) is 24.3 Å². The Morgan fingerprint density at radius 3 is 2.85 bits per heavy atom. The topological polar surface area (TPSA) is 55.9 Å². The van der Waals surface area contributed by atoms with Crippen LogP contribution < -0.4 is 11.1 Å². The molecular formula is C19H27ClF2N4. The molecule has 26 heavy (non-hydrogen) atoms. The van der Waals surface area contributed by atoms with Crippen LogP contribution in [0.3, 0.4) is 0 Å². The second-order valence-corrected chi connectivity index (χ2v) is 6.79. The maximum Gasteiger partial charge on any atom is 0.257 e. The third-order valence-corrected chi connectivity index (χ3v) is 4.68. The van der Waals surface area contributed by atoms with Gasteiger partial charge < -0.3 is 11.1 Å². The summed E-state index contributed by atoms with van der Waals surface area (Å²) in [5.41, 5.74) is 11.4. The monoisotopic (exact) mass is 384 g/mol. The summed E-state index contributed by atoms with van der Waals surface area (Å²) in [6, 6.07) is 8.55. The molecule has 3 rings (SSSR count). The highest BCUT2D eigenvalue weighted by Gasteiger charge is 2.16. The molecule has 1 aromatic heterocycles. The van der Waals surface area contributed by atoms with Gasteiger partial charge in [-0.1, -0.05) is 19.4 Å². The Labute approximate surface area is 159 Å². The van der Waals surface area contributed by atoms with Crippen molar-refractivity contribution in [2.45, 2.75) is 64.6 Å². The molecule has 1 aromatic carbocycles. The van der Waals surface area contributed by atoms with Crippen LogP contribution in [0.2, 0.25) is 0 Å². The van der Waals surface area contributed by atoms with Gasteiger partial charge in [-0.3, -0.25) is 4.68 Å². The number of halogens is 3. The minimum Gasteiger partial charge on any atom is -0.379 e. The van der Waals surface area contributed by atoms with Crippen LogP contribution in [0.1, 0.15) is 42.3 Å². The van der Waals surface area contributed by atoms with Gasteiger partial charge in [0.15, 0.2) is 0 Å². The summed E-state index contributed by atoms with van der Waals surface area (Å²) < 4.78 is 26.9. The number of anilines is 1. The lowest BCUT2D eigenvalue weighted by atomic mass is 9.88. The van der Waals surface area contributed by atoms with Crippen molar-refractivity contribution in [2.24, 2.45) is 5.73 Å².